The fraction of sp³-hybridized carbons (Fsp3) is 0.250. The summed E-state index contributed by atoms with van der Waals surface area (Å²) < 4.78 is 15.7. The van der Waals surface area contributed by atoms with Gasteiger partial charge in [-0.15, -0.1) is 0 Å². The lowest BCUT2D eigenvalue weighted by Gasteiger charge is -2.11. The molecule has 0 spiro atoms. The third kappa shape index (κ3) is 2.02. The molecule has 2 aromatic rings. The molecular weight excluding hydrogens is 271 g/mol. The van der Waals surface area contributed by atoms with E-state index in [0.29, 0.717) is 0 Å². The Kier molecular flexibility index (Phi) is 3.10. The highest BCUT2D eigenvalue weighted by atomic mass is 79.9. The van der Waals surface area contributed by atoms with Gasteiger partial charge in [-0.25, -0.2) is 4.39 Å². The summed E-state index contributed by atoms with van der Waals surface area (Å²) in [6, 6.07) is 6.71. The van der Waals surface area contributed by atoms with E-state index in [2.05, 4.69) is 34.9 Å². The number of halogens is 2. The van der Waals surface area contributed by atoms with E-state index in [-0.39, 0.29) is 11.9 Å². The van der Waals surface area contributed by atoms with Gasteiger partial charge < -0.3 is 0 Å². The highest BCUT2D eigenvalue weighted by Crippen LogP contribution is 2.30. The van der Waals surface area contributed by atoms with E-state index in [1.165, 1.54) is 12.1 Å². The van der Waals surface area contributed by atoms with Crippen LogP contribution in [0.15, 0.2) is 34.9 Å². The summed E-state index contributed by atoms with van der Waals surface area (Å²) in [5, 5.41) is 4.29. The first-order chi connectivity index (χ1) is 7.59. The Bertz CT molecular complexity index is 488. The van der Waals surface area contributed by atoms with Crippen LogP contribution in [0.4, 0.5) is 4.39 Å². The molecule has 2 rings (SSSR count). The first kappa shape index (κ1) is 11.3. The van der Waals surface area contributed by atoms with E-state index in [1.54, 1.807) is 18.3 Å². The zero-order valence-electron chi connectivity index (χ0n) is 9.11. The van der Waals surface area contributed by atoms with Gasteiger partial charge in [0, 0.05) is 11.6 Å². The lowest BCUT2D eigenvalue weighted by molar-refractivity contribution is 0.538. The van der Waals surface area contributed by atoms with Gasteiger partial charge in [0.15, 0.2) is 0 Å². The molecule has 1 heterocycles. The summed E-state index contributed by atoms with van der Waals surface area (Å²) >= 11 is 3.46. The molecule has 0 bridgehead atoms. The Morgan fingerprint density at radius 3 is 2.44 bits per heavy atom. The van der Waals surface area contributed by atoms with Gasteiger partial charge in [-0.05, 0) is 54.0 Å². The Morgan fingerprint density at radius 1 is 1.25 bits per heavy atom. The van der Waals surface area contributed by atoms with Crippen molar-refractivity contribution in [2.24, 2.45) is 0 Å². The fourth-order valence-electron chi connectivity index (χ4n) is 1.61. The number of hydrogen-bond donors (Lipinski definition) is 0. The first-order valence-electron chi connectivity index (χ1n) is 5.08. The average Bonchev–Trinajstić information content (AvgIpc) is 2.62. The van der Waals surface area contributed by atoms with E-state index in [0.717, 1.165) is 15.7 Å². The summed E-state index contributed by atoms with van der Waals surface area (Å²) in [6.45, 7) is 4.12. The second-order valence-electron chi connectivity index (χ2n) is 3.89. The predicted molar refractivity (Wildman–Crippen MR) is 65.7 cm³/mol. The van der Waals surface area contributed by atoms with Crippen molar-refractivity contribution in [3.63, 3.8) is 0 Å². The van der Waals surface area contributed by atoms with Crippen LogP contribution in [-0.2, 0) is 0 Å². The Morgan fingerprint density at radius 2 is 1.88 bits per heavy atom. The number of aromatic nitrogens is 2. The second kappa shape index (κ2) is 4.37. The quantitative estimate of drug-likeness (QED) is 0.813. The Balaban J connectivity index is 2.54. The smallest absolute Gasteiger partial charge is 0.123 e. The van der Waals surface area contributed by atoms with E-state index in [4.69, 9.17) is 0 Å². The van der Waals surface area contributed by atoms with Crippen molar-refractivity contribution in [3.8, 4) is 11.3 Å². The maximum Gasteiger partial charge on any atom is 0.123 e. The van der Waals surface area contributed by atoms with Gasteiger partial charge in [0.2, 0.25) is 0 Å². The van der Waals surface area contributed by atoms with E-state index >= 15 is 0 Å². The van der Waals surface area contributed by atoms with E-state index in [1.807, 2.05) is 4.68 Å². The molecule has 0 aliphatic heterocycles. The molecule has 84 valence electrons. The van der Waals surface area contributed by atoms with Crippen molar-refractivity contribution in [1.82, 2.24) is 9.78 Å². The van der Waals surface area contributed by atoms with Gasteiger partial charge in [0.05, 0.1) is 16.4 Å². The minimum absolute atomic E-state index is 0.226. The van der Waals surface area contributed by atoms with Crippen LogP contribution < -0.4 is 0 Å². The molecule has 0 fully saturated rings. The molecule has 0 N–H and O–H groups in total. The van der Waals surface area contributed by atoms with Crippen LogP contribution in [0, 0.1) is 5.82 Å². The molecule has 1 aromatic heterocycles. The summed E-state index contributed by atoms with van der Waals surface area (Å²) in [7, 11) is 0. The van der Waals surface area contributed by atoms with Crippen molar-refractivity contribution < 1.29 is 4.39 Å². The van der Waals surface area contributed by atoms with Crippen LogP contribution in [0.1, 0.15) is 19.9 Å². The Labute approximate surface area is 102 Å². The maximum absolute atomic E-state index is 12.9. The maximum atomic E-state index is 12.9. The monoisotopic (exact) mass is 282 g/mol. The molecule has 1 aromatic carbocycles. The summed E-state index contributed by atoms with van der Waals surface area (Å²) in [5.41, 5.74) is 1.94. The van der Waals surface area contributed by atoms with Crippen LogP contribution in [0.25, 0.3) is 11.3 Å². The molecule has 0 saturated carbocycles. The fourth-order valence-corrected chi connectivity index (χ4v) is 2.11. The molecule has 2 nitrogen and oxygen atoms in total. The minimum atomic E-state index is -0.226. The van der Waals surface area contributed by atoms with Gasteiger partial charge in [-0.2, -0.15) is 5.10 Å². The minimum Gasteiger partial charge on any atom is -0.261 e. The van der Waals surface area contributed by atoms with E-state index in [9.17, 15) is 4.39 Å². The lowest BCUT2D eigenvalue weighted by atomic mass is 10.1. The zero-order chi connectivity index (χ0) is 11.7. The van der Waals surface area contributed by atoms with Gasteiger partial charge in [0.25, 0.3) is 0 Å². The number of hydrogen-bond acceptors (Lipinski definition) is 1. The molecule has 0 aliphatic rings. The second-order valence-corrected chi connectivity index (χ2v) is 4.74. The standard InChI is InChI=1S/C12H12BrFN2/c1-8(2)16-12(11(13)7-15-16)9-3-5-10(14)6-4-9/h3-8H,1-2H3. The van der Waals surface area contributed by atoms with E-state index < -0.39 is 0 Å². The highest BCUT2D eigenvalue weighted by molar-refractivity contribution is 9.10. The average molecular weight is 283 g/mol. The molecular formula is C12H12BrFN2. The largest absolute Gasteiger partial charge is 0.261 e. The van der Waals surface area contributed by atoms with Crippen LogP contribution in [0.2, 0.25) is 0 Å². The van der Waals surface area contributed by atoms with Crippen molar-refractivity contribution in [2.45, 2.75) is 19.9 Å². The third-order valence-corrected chi connectivity index (χ3v) is 2.94. The van der Waals surface area contributed by atoms with Crippen molar-refractivity contribution >= 4 is 15.9 Å². The molecule has 0 atom stereocenters. The lowest BCUT2D eigenvalue weighted by Crippen LogP contribution is -2.04. The molecule has 16 heavy (non-hydrogen) atoms. The molecule has 0 aliphatic carbocycles. The SMILES string of the molecule is CC(C)n1ncc(Br)c1-c1ccc(F)cc1. The number of benzene rings is 1. The normalized spacial score (nSPS) is 11.1. The zero-order valence-corrected chi connectivity index (χ0v) is 10.7. The van der Waals surface area contributed by atoms with Gasteiger partial charge >= 0.3 is 0 Å². The molecule has 0 unspecified atom stereocenters. The molecule has 0 radical (unpaired) electrons. The summed E-state index contributed by atoms with van der Waals surface area (Å²) in [5.74, 6) is -0.226. The Hall–Kier alpha value is -1.16. The van der Waals surface area contributed by atoms with Crippen LogP contribution in [-0.4, -0.2) is 9.78 Å². The first-order valence-corrected chi connectivity index (χ1v) is 5.88. The molecule has 4 heteroatoms. The van der Waals surface area contributed by atoms with Crippen molar-refractivity contribution in [1.29, 1.82) is 0 Å². The third-order valence-electron chi connectivity index (χ3n) is 2.36. The number of rotatable bonds is 2. The van der Waals surface area contributed by atoms with Gasteiger partial charge in [-0.1, -0.05) is 0 Å². The molecule has 0 saturated heterocycles. The van der Waals surface area contributed by atoms with Crippen molar-refractivity contribution in [2.75, 3.05) is 0 Å². The van der Waals surface area contributed by atoms with Crippen molar-refractivity contribution in [3.05, 3.63) is 40.8 Å². The highest BCUT2D eigenvalue weighted by Gasteiger charge is 2.13. The van der Waals surface area contributed by atoms with Crippen LogP contribution in [0.3, 0.4) is 0 Å². The van der Waals surface area contributed by atoms with Gasteiger partial charge in [0.1, 0.15) is 5.82 Å². The van der Waals surface area contributed by atoms with Crippen LogP contribution >= 0.6 is 15.9 Å². The number of nitrogens with zero attached hydrogens (tertiary/aromatic N) is 2. The topological polar surface area (TPSA) is 17.8 Å². The van der Waals surface area contributed by atoms with Gasteiger partial charge in [-0.3, -0.25) is 4.68 Å². The summed E-state index contributed by atoms with van der Waals surface area (Å²) in [6.07, 6.45) is 1.76. The van der Waals surface area contributed by atoms with Crippen LogP contribution in [0.5, 0.6) is 0 Å². The molecule has 0 amide bonds. The summed E-state index contributed by atoms with van der Waals surface area (Å²) in [4.78, 5) is 0. The predicted octanol–water partition coefficient (Wildman–Crippen LogP) is 4.03.